The van der Waals surface area contributed by atoms with Crippen molar-refractivity contribution in [3.63, 3.8) is 0 Å². The highest BCUT2D eigenvalue weighted by Crippen LogP contribution is 2.30. The van der Waals surface area contributed by atoms with Gasteiger partial charge < -0.3 is 24.3 Å². The molecule has 0 spiro atoms. The Kier molecular flexibility index (Phi) is 6.29. The number of ether oxygens (including phenoxy) is 4. The van der Waals surface area contributed by atoms with Crippen LogP contribution in [-0.4, -0.2) is 37.3 Å². The van der Waals surface area contributed by atoms with Gasteiger partial charge in [0.2, 0.25) is 0 Å². The van der Waals surface area contributed by atoms with Gasteiger partial charge in [-0.25, -0.2) is 9.59 Å². The van der Waals surface area contributed by atoms with Gasteiger partial charge in [-0.2, -0.15) is 0 Å². The van der Waals surface area contributed by atoms with Crippen LogP contribution in [0.25, 0.3) is 6.08 Å². The summed E-state index contributed by atoms with van der Waals surface area (Å²) < 4.78 is 21.1. The summed E-state index contributed by atoms with van der Waals surface area (Å²) in [6, 6.07) is 12.2. The van der Waals surface area contributed by atoms with Crippen molar-refractivity contribution in [1.82, 2.24) is 0 Å². The highest BCUT2D eigenvalue weighted by atomic mass is 16.7. The van der Waals surface area contributed by atoms with E-state index in [0.29, 0.717) is 22.7 Å². The molecular formula is C23H23NO7. The van der Waals surface area contributed by atoms with Crippen molar-refractivity contribution in [2.24, 2.45) is 0 Å². The Morgan fingerprint density at radius 1 is 1.06 bits per heavy atom. The van der Waals surface area contributed by atoms with E-state index in [1.807, 2.05) is 25.1 Å². The summed E-state index contributed by atoms with van der Waals surface area (Å²) in [5.41, 5.74) is 1.92. The number of cyclic esters (lactones) is 2. The third kappa shape index (κ3) is 5.42. The molecule has 0 radical (unpaired) electrons. The number of nitrogens with one attached hydrogen (secondary N) is 1. The van der Waals surface area contributed by atoms with Crippen LogP contribution in [0.1, 0.15) is 25.0 Å². The molecule has 2 aromatic rings. The minimum absolute atomic E-state index is 0.223. The van der Waals surface area contributed by atoms with E-state index in [-0.39, 0.29) is 18.1 Å². The van der Waals surface area contributed by atoms with Crippen molar-refractivity contribution < 1.29 is 33.3 Å². The first-order valence-electron chi connectivity index (χ1n) is 9.53. The number of carbonyl (C=O) groups excluding carboxylic acids is 3. The summed E-state index contributed by atoms with van der Waals surface area (Å²) in [5.74, 6) is -2.50. The first-order valence-corrected chi connectivity index (χ1v) is 9.53. The van der Waals surface area contributed by atoms with E-state index < -0.39 is 17.7 Å². The second-order valence-corrected chi connectivity index (χ2v) is 7.30. The summed E-state index contributed by atoms with van der Waals surface area (Å²) >= 11 is 0. The SMILES string of the molecule is COc1cc(C=C2C(=O)OC(C)(C)OC2=O)ccc1OCC(=O)Nc1ccccc1C. The molecule has 0 unspecified atom stereocenters. The number of rotatable bonds is 6. The minimum Gasteiger partial charge on any atom is -0.493 e. The molecule has 1 aliphatic heterocycles. The normalized spacial score (nSPS) is 14.9. The molecule has 1 fully saturated rings. The number of methoxy groups -OCH3 is 1. The molecule has 2 aromatic carbocycles. The van der Waals surface area contributed by atoms with E-state index in [0.717, 1.165) is 5.56 Å². The van der Waals surface area contributed by atoms with Crippen molar-refractivity contribution >= 4 is 29.6 Å². The van der Waals surface area contributed by atoms with Crippen LogP contribution in [0.3, 0.4) is 0 Å². The van der Waals surface area contributed by atoms with Crippen molar-refractivity contribution in [1.29, 1.82) is 0 Å². The first kappa shape index (κ1) is 21.9. The zero-order valence-corrected chi connectivity index (χ0v) is 17.7. The number of amides is 1. The van der Waals surface area contributed by atoms with Crippen molar-refractivity contribution in [3.8, 4) is 11.5 Å². The van der Waals surface area contributed by atoms with Crippen LogP contribution in [0.4, 0.5) is 5.69 Å². The molecule has 1 amide bonds. The maximum absolute atomic E-state index is 12.2. The van der Waals surface area contributed by atoms with Crippen LogP contribution in [0.2, 0.25) is 0 Å². The van der Waals surface area contributed by atoms with E-state index in [1.165, 1.54) is 27.0 Å². The fourth-order valence-electron chi connectivity index (χ4n) is 2.88. The number of benzene rings is 2. The number of anilines is 1. The summed E-state index contributed by atoms with van der Waals surface area (Å²) in [7, 11) is 1.44. The number of aryl methyl sites for hydroxylation is 1. The second-order valence-electron chi connectivity index (χ2n) is 7.30. The van der Waals surface area contributed by atoms with E-state index in [4.69, 9.17) is 18.9 Å². The lowest BCUT2D eigenvalue weighted by molar-refractivity contribution is -0.222. The number of carbonyl (C=O) groups is 3. The average Bonchev–Trinajstić information content (AvgIpc) is 2.70. The van der Waals surface area contributed by atoms with Crippen molar-refractivity contribution in [2.45, 2.75) is 26.6 Å². The van der Waals surface area contributed by atoms with Gasteiger partial charge >= 0.3 is 11.9 Å². The van der Waals surface area contributed by atoms with Gasteiger partial charge in [-0.15, -0.1) is 0 Å². The Morgan fingerprint density at radius 3 is 2.39 bits per heavy atom. The van der Waals surface area contributed by atoms with E-state index in [9.17, 15) is 14.4 Å². The number of hydrogen-bond donors (Lipinski definition) is 1. The average molecular weight is 425 g/mol. The smallest absolute Gasteiger partial charge is 0.348 e. The maximum atomic E-state index is 12.2. The predicted octanol–water partition coefficient (Wildman–Crippen LogP) is 3.24. The minimum atomic E-state index is -1.31. The Balaban J connectivity index is 1.70. The summed E-state index contributed by atoms with van der Waals surface area (Å²) in [6.45, 7) is 4.62. The highest BCUT2D eigenvalue weighted by Gasteiger charge is 2.38. The summed E-state index contributed by atoms with van der Waals surface area (Å²) in [4.78, 5) is 36.4. The molecule has 0 saturated carbocycles. The molecule has 31 heavy (non-hydrogen) atoms. The predicted molar refractivity (Wildman–Crippen MR) is 113 cm³/mol. The maximum Gasteiger partial charge on any atom is 0.348 e. The van der Waals surface area contributed by atoms with E-state index in [2.05, 4.69) is 5.32 Å². The lowest BCUT2D eigenvalue weighted by Gasteiger charge is -2.29. The number of para-hydroxylation sites is 1. The monoisotopic (exact) mass is 425 g/mol. The summed E-state index contributed by atoms with van der Waals surface area (Å²) in [5, 5.41) is 2.78. The molecule has 1 heterocycles. The van der Waals surface area contributed by atoms with Crippen molar-refractivity contribution in [2.75, 3.05) is 19.0 Å². The van der Waals surface area contributed by atoms with Crippen LogP contribution in [0.5, 0.6) is 11.5 Å². The van der Waals surface area contributed by atoms with Gasteiger partial charge in [0, 0.05) is 19.5 Å². The molecular weight excluding hydrogens is 402 g/mol. The molecule has 162 valence electrons. The molecule has 1 aliphatic rings. The lowest BCUT2D eigenvalue weighted by atomic mass is 10.1. The topological polar surface area (TPSA) is 100 Å². The Hall–Kier alpha value is -3.81. The molecule has 3 rings (SSSR count). The zero-order valence-electron chi connectivity index (χ0n) is 17.7. The number of esters is 2. The van der Waals surface area contributed by atoms with E-state index in [1.54, 1.807) is 24.3 Å². The number of hydrogen-bond acceptors (Lipinski definition) is 7. The van der Waals surface area contributed by atoms with Gasteiger partial charge in [0.15, 0.2) is 18.1 Å². The van der Waals surface area contributed by atoms with Gasteiger partial charge in [0.1, 0.15) is 5.57 Å². The molecule has 0 atom stereocenters. The Bertz CT molecular complexity index is 1030. The third-order valence-corrected chi connectivity index (χ3v) is 4.39. The molecule has 1 saturated heterocycles. The molecule has 0 bridgehead atoms. The van der Waals surface area contributed by atoms with Gasteiger partial charge in [-0.1, -0.05) is 24.3 Å². The largest absolute Gasteiger partial charge is 0.493 e. The van der Waals surface area contributed by atoms with Crippen LogP contribution in [0, 0.1) is 6.92 Å². The standard InChI is InChI=1S/C23H23NO7/c1-14-7-5-6-8-17(14)24-20(25)13-29-18-10-9-15(12-19(18)28-4)11-16-21(26)30-23(2,3)31-22(16)27/h5-12H,13H2,1-4H3,(H,24,25). The fraction of sp³-hybridized carbons (Fsp3) is 0.261. The van der Waals surface area contributed by atoms with Crippen LogP contribution < -0.4 is 14.8 Å². The van der Waals surface area contributed by atoms with Crippen LogP contribution >= 0.6 is 0 Å². The molecule has 8 heteroatoms. The highest BCUT2D eigenvalue weighted by molar-refractivity contribution is 6.18. The molecule has 1 N–H and O–H groups in total. The zero-order chi connectivity index (χ0) is 22.6. The molecule has 8 nitrogen and oxygen atoms in total. The van der Waals surface area contributed by atoms with Gasteiger partial charge in [0.05, 0.1) is 7.11 Å². The van der Waals surface area contributed by atoms with E-state index >= 15 is 0 Å². The first-order chi connectivity index (χ1) is 14.7. The fourth-order valence-corrected chi connectivity index (χ4v) is 2.88. The Morgan fingerprint density at radius 2 is 1.74 bits per heavy atom. The third-order valence-electron chi connectivity index (χ3n) is 4.39. The summed E-state index contributed by atoms with van der Waals surface area (Å²) in [6.07, 6.45) is 1.34. The second kappa shape index (κ2) is 8.91. The van der Waals surface area contributed by atoms with Gasteiger partial charge in [0.25, 0.3) is 11.7 Å². The van der Waals surface area contributed by atoms with Gasteiger partial charge in [-0.05, 0) is 42.3 Å². The lowest BCUT2D eigenvalue weighted by Crippen LogP contribution is -2.41. The van der Waals surface area contributed by atoms with Crippen molar-refractivity contribution in [3.05, 3.63) is 59.2 Å². The van der Waals surface area contributed by atoms with Crippen LogP contribution in [-0.2, 0) is 23.9 Å². The molecule has 0 aromatic heterocycles. The van der Waals surface area contributed by atoms with Crippen LogP contribution in [0.15, 0.2) is 48.0 Å². The Labute approximate surface area is 179 Å². The van der Waals surface area contributed by atoms with Gasteiger partial charge in [-0.3, -0.25) is 4.79 Å². The molecule has 0 aliphatic carbocycles. The quantitative estimate of drug-likeness (QED) is 0.431.